The van der Waals surface area contributed by atoms with Gasteiger partial charge in [0, 0.05) is 6.54 Å². The number of hydrogen-bond donors (Lipinski definition) is 1. The van der Waals surface area contributed by atoms with Crippen LogP contribution in [0.25, 0.3) is 0 Å². The fourth-order valence-corrected chi connectivity index (χ4v) is 3.84. The summed E-state index contributed by atoms with van der Waals surface area (Å²) in [5, 5.41) is 13.0. The van der Waals surface area contributed by atoms with E-state index in [0.29, 0.717) is 18.8 Å². The van der Waals surface area contributed by atoms with Crippen molar-refractivity contribution in [3.05, 3.63) is 41.7 Å². The summed E-state index contributed by atoms with van der Waals surface area (Å²) >= 11 is 0. The molecule has 3 rings (SSSR count). The largest absolute Gasteiger partial charge is 0.248 e. The molecule has 0 bridgehead atoms. The number of nitrogens with one attached hydrogen (secondary N) is 1. The lowest BCUT2D eigenvalue weighted by Crippen LogP contribution is -2.33. The molecule has 0 spiro atoms. The molecule has 0 saturated heterocycles. The molecule has 9 heteroatoms. The van der Waals surface area contributed by atoms with Crippen molar-refractivity contribution in [2.45, 2.75) is 30.3 Å². The summed E-state index contributed by atoms with van der Waals surface area (Å²) in [7, 11) is -3.96. The number of aromatic nitrogens is 3. The Hall–Kier alpha value is -2.31. The van der Waals surface area contributed by atoms with E-state index in [9.17, 15) is 12.8 Å². The van der Waals surface area contributed by atoms with Gasteiger partial charge in [-0.2, -0.15) is 10.4 Å². The van der Waals surface area contributed by atoms with Gasteiger partial charge in [-0.05, 0) is 31.0 Å². The summed E-state index contributed by atoms with van der Waals surface area (Å²) in [5.41, 5.74) is -0.232. The van der Waals surface area contributed by atoms with Crippen LogP contribution in [0.2, 0.25) is 0 Å². The molecule has 2 heterocycles. The first kappa shape index (κ1) is 14.6. The third kappa shape index (κ3) is 2.58. The fraction of sp³-hybridized carbons (Fsp3) is 0.308. The van der Waals surface area contributed by atoms with Gasteiger partial charge in [0.05, 0.1) is 16.5 Å². The second kappa shape index (κ2) is 5.47. The van der Waals surface area contributed by atoms with E-state index in [0.717, 1.165) is 24.6 Å². The molecule has 0 amide bonds. The predicted molar refractivity (Wildman–Crippen MR) is 73.4 cm³/mol. The zero-order valence-corrected chi connectivity index (χ0v) is 12.2. The van der Waals surface area contributed by atoms with Crippen molar-refractivity contribution < 1.29 is 12.8 Å². The number of sulfonamides is 1. The number of halogens is 1. The molecule has 1 aromatic carbocycles. The summed E-state index contributed by atoms with van der Waals surface area (Å²) in [6.07, 6.45) is 2.72. The summed E-state index contributed by atoms with van der Waals surface area (Å²) in [4.78, 5) is 3.83. The molecule has 22 heavy (non-hydrogen) atoms. The minimum atomic E-state index is -3.96. The highest BCUT2D eigenvalue weighted by molar-refractivity contribution is 7.89. The monoisotopic (exact) mass is 321 g/mol. The molecule has 1 atom stereocenters. The molecule has 1 N–H and O–H groups in total. The number of aryl methyl sites for hydroxylation is 1. The van der Waals surface area contributed by atoms with Gasteiger partial charge < -0.3 is 0 Å². The lowest BCUT2D eigenvalue weighted by Gasteiger charge is -2.23. The topological polar surface area (TPSA) is 101 Å². The van der Waals surface area contributed by atoms with Crippen molar-refractivity contribution >= 4 is 10.0 Å². The van der Waals surface area contributed by atoms with Crippen LogP contribution in [0.1, 0.15) is 30.3 Å². The highest BCUT2D eigenvalue weighted by atomic mass is 32.2. The van der Waals surface area contributed by atoms with Crippen LogP contribution in [0.5, 0.6) is 0 Å². The minimum absolute atomic E-state index is 0.232. The summed E-state index contributed by atoms with van der Waals surface area (Å²) in [5.74, 6) is -0.122. The Bertz CT molecular complexity index is 856. The minimum Gasteiger partial charge on any atom is -0.248 e. The fourth-order valence-electron chi connectivity index (χ4n) is 2.48. The maximum atomic E-state index is 13.1. The molecule has 1 unspecified atom stereocenters. The van der Waals surface area contributed by atoms with Gasteiger partial charge >= 0.3 is 0 Å². The lowest BCUT2D eigenvalue weighted by atomic mass is 10.1. The second-order valence-corrected chi connectivity index (χ2v) is 6.59. The SMILES string of the molecule is N#Cc1cc(F)ccc1S(=O)(=O)NC1CCCn2ncnc21. The number of rotatable bonds is 3. The Balaban J connectivity index is 1.95. The van der Waals surface area contributed by atoms with E-state index in [-0.39, 0.29) is 10.5 Å². The quantitative estimate of drug-likeness (QED) is 0.912. The van der Waals surface area contributed by atoms with Crippen molar-refractivity contribution in [2.75, 3.05) is 0 Å². The van der Waals surface area contributed by atoms with E-state index in [4.69, 9.17) is 5.26 Å². The molecule has 1 aliphatic rings. The molecule has 7 nitrogen and oxygen atoms in total. The zero-order valence-electron chi connectivity index (χ0n) is 11.4. The molecular weight excluding hydrogens is 309 g/mol. The lowest BCUT2D eigenvalue weighted by molar-refractivity contribution is 0.400. The Morgan fingerprint density at radius 3 is 3.05 bits per heavy atom. The van der Waals surface area contributed by atoms with Crippen LogP contribution in [0.3, 0.4) is 0 Å². The number of nitrogens with zero attached hydrogens (tertiary/aromatic N) is 4. The molecule has 0 aliphatic carbocycles. The van der Waals surface area contributed by atoms with Crippen molar-refractivity contribution in [3.63, 3.8) is 0 Å². The van der Waals surface area contributed by atoms with Gasteiger partial charge in [0.25, 0.3) is 0 Å². The van der Waals surface area contributed by atoms with Gasteiger partial charge in [0.2, 0.25) is 10.0 Å². The van der Waals surface area contributed by atoms with E-state index in [1.165, 1.54) is 6.33 Å². The first-order valence-corrected chi connectivity index (χ1v) is 8.09. The van der Waals surface area contributed by atoms with Gasteiger partial charge in [-0.25, -0.2) is 27.2 Å². The van der Waals surface area contributed by atoms with Crippen molar-refractivity contribution in [2.24, 2.45) is 0 Å². The summed E-state index contributed by atoms with van der Waals surface area (Å²) < 4.78 is 42.3. The van der Waals surface area contributed by atoms with E-state index in [2.05, 4.69) is 14.8 Å². The molecule has 0 radical (unpaired) electrons. The Kier molecular flexibility index (Phi) is 3.64. The maximum Gasteiger partial charge on any atom is 0.242 e. The Morgan fingerprint density at radius 2 is 2.27 bits per heavy atom. The third-order valence-corrected chi connectivity index (χ3v) is 5.00. The highest BCUT2D eigenvalue weighted by Crippen LogP contribution is 2.25. The number of hydrogen-bond acceptors (Lipinski definition) is 5. The molecule has 1 aromatic heterocycles. The van der Waals surface area contributed by atoms with Crippen LogP contribution >= 0.6 is 0 Å². The summed E-state index contributed by atoms with van der Waals surface area (Å²) in [6, 6.07) is 4.19. The average Bonchev–Trinajstić information content (AvgIpc) is 2.96. The van der Waals surface area contributed by atoms with Crippen molar-refractivity contribution in [1.29, 1.82) is 5.26 Å². The van der Waals surface area contributed by atoms with E-state index in [1.807, 2.05) is 0 Å². The van der Waals surface area contributed by atoms with E-state index < -0.39 is 21.9 Å². The predicted octanol–water partition coefficient (Wildman–Crippen LogP) is 1.10. The van der Waals surface area contributed by atoms with Gasteiger partial charge in [-0.3, -0.25) is 0 Å². The zero-order chi connectivity index (χ0) is 15.7. The number of benzene rings is 1. The molecule has 0 saturated carbocycles. The van der Waals surface area contributed by atoms with Crippen molar-refractivity contribution in [3.8, 4) is 6.07 Å². The van der Waals surface area contributed by atoms with Gasteiger partial charge in [0.1, 0.15) is 24.0 Å². The van der Waals surface area contributed by atoms with Crippen LogP contribution in [-0.2, 0) is 16.6 Å². The van der Waals surface area contributed by atoms with Crippen molar-refractivity contribution in [1.82, 2.24) is 19.5 Å². The van der Waals surface area contributed by atoms with E-state index in [1.54, 1.807) is 10.8 Å². The van der Waals surface area contributed by atoms with Gasteiger partial charge in [-0.1, -0.05) is 0 Å². The normalized spacial score (nSPS) is 17.7. The standard InChI is InChI=1S/C13H12FN5O2S/c14-10-3-4-12(9(6-10)7-15)22(20,21)18-11-2-1-5-19-13(11)16-8-17-19/h3-4,6,8,11,18H,1-2,5H2. The smallest absolute Gasteiger partial charge is 0.242 e. The maximum absolute atomic E-state index is 13.1. The third-order valence-electron chi connectivity index (χ3n) is 3.47. The molecule has 1 aliphatic heterocycles. The Labute approximate surface area is 126 Å². The number of fused-ring (bicyclic) bond motifs is 1. The van der Waals surface area contributed by atoms with Gasteiger partial charge in [-0.15, -0.1) is 0 Å². The molecular formula is C13H12FN5O2S. The molecule has 2 aromatic rings. The molecule has 0 fully saturated rings. The summed E-state index contributed by atoms with van der Waals surface area (Å²) in [6.45, 7) is 0.688. The first-order chi connectivity index (χ1) is 10.5. The van der Waals surface area contributed by atoms with Gasteiger partial charge in [0.15, 0.2) is 0 Å². The van der Waals surface area contributed by atoms with Crippen LogP contribution < -0.4 is 4.72 Å². The van der Waals surface area contributed by atoms with Crippen LogP contribution in [-0.4, -0.2) is 23.2 Å². The first-order valence-electron chi connectivity index (χ1n) is 6.61. The van der Waals surface area contributed by atoms with E-state index >= 15 is 0 Å². The molecule has 114 valence electrons. The Morgan fingerprint density at radius 1 is 1.45 bits per heavy atom. The van der Waals surface area contributed by atoms with Crippen LogP contribution in [0.15, 0.2) is 29.4 Å². The second-order valence-electron chi connectivity index (χ2n) is 4.91. The van der Waals surface area contributed by atoms with Crippen LogP contribution in [0, 0.1) is 17.1 Å². The van der Waals surface area contributed by atoms with Crippen LogP contribution in [0.4, 0.5) is 4.39 Å². The highest BCUT2D eigenvalue weighted by Gasteiger charge is 2.29. The number of nitriles is 1. The average molecular weight is 321 g/mol.